The summed E-state index contributed by atoms with van der Waals surface area (Å²) in [6, 6.07) is 15.4. The van der Waals surface area contributed by atoms with Gasteiger partial charge in [0, 0.05) is 44.0 Å². The highest BCUT2D eigenvalue weighted by molar-refractivity contribution is 5.92. The average Bonchev–Trinajstić information content (AvgIpc) is 2.73. The van der Waals surface area contributed by atoms with Gasteiger partial charge in [0.15, 0.2) is 6.61 Å². The largest absolute Gasteiger partial charge is 0.484 e. The van der Waals surface area contributed by atoms with Crippen molar-refractivity contribution in [2.24, 2.45) is 0 Å². The lowest BCUT2D eigenvalue weighted by Crippen LogP contribution is -2.48. The van der Waals surface area contributed by atoms with Gasteiger partial charge in [0.25, 0.3) is 5.91 Å². The summed E-state index contributed by atoms with van der Waals surface area (Å²) in [5.41, 5.74) is 2.98. The first-order valence-electron chi connectivity index (χ1n) is 9.67. The Morgan fingerprint density at radius 1 is 0.964 bits per heavy atom. The average molecular weight is 381 g/mol. The smallest absolute Gasteiger partial charge is 0.262 e. The van der Waals surface area contributed by atoms with E-state index in [0.717, 1.165) is 43.1 Å². The van der Waals surface area contributed by atoms with Gasteiger partial charge in [-0.25, -0.2) is 0 Å². The number of benzene rings is 2. The number of rotatable bonds is 6. The van der Waals surface area contributed by atoms with Crippen LogP contribution in [-0.2, 0) is 9.59 Å². The lowest BCUT2D eigenvalue weighted by Gasteiger charge is -2.36. The highest BCUT2D eigenvalue weighted by Crippen LogP contribution is 2.20. The molecule has 1 N–H and O–H groups in total. The molecule has 0 aromatic heterocycles. The Balaban J connectivity index is 1.47. The fourth-order valence-corrected chi connectivity index (χ4v) is 3.17. The predicted molar refractivity (Wildman–Crippen MR) is 111 cm³/mol. The number of carbonyl (C=O) groups is 2. The molecule has 0 bridgehead atoms. The monoisotopic (exact) mass is 381 g/mol. The Bertz CT molecular complexity index is 795. The van der Waals surface area contributed by atoms with Gasteiger partial charge in [0.05, 0.1) is 0 Å². The topological polar surface area (TPSA) is 61.9 Å². The van der Waals surface area contributed by atoms with Crippen molar-refractivity contribution in [1.82, 2.24) is 4.90 Å². The van der Waals surface area contributed by atoms with E-state index in [9.17, 15) is 9.59 Å². The Kier molecular flexibility index (Phi) is 6.53. The minimum absolute atomic E-state index is 0.0295. The van der Waals surface area contributed by atoms with Crippen LogP contribution in [-0.4, -0.2) is 49.5 Å². The molecule has 0 aliphatic carbocycles. The number of aryl methyl sites for hydroxylation is 1. The molecule has 6 heteroatoms. The minimum Gasteiger partial charge on any atom is -0.484 e. The fourth-order valence-electron chi connectivity index (χ4n) is 3.17. The summed E-state index contributed by atoms with van der Waals surface area (Å²) in [6.45, 7) is 7.02. The van der Waals surface area contributed by atoms with Crippen molar-refractivity contribution in [3.8, 4) is 5.75 Å². The van der Waals surface area contributed by atoms with E-state index < -0.39 is 0 Å². The molecule has 1 aliphatic rings. The minimum atomic E-state index is -0.194. The van der Waals surface area contributed by atoms with Gasteiger partial charge in [-0.3, -0.25) is 9.59 Å². The molecule has 1 saturated heterocycles. The molecule has 1 heterocycles. The Morgan fingerprint density at radius 2 is 1.61 bits per heavy atom. The maximum Gasteiger partial charge on any atom is 0.262 e. The van der Waals surface area contributed by atoms with Crippen LogP contribution in [0, 0.1) is 6.92 Å². The number of anilines is 2. The highest BCUT2D eigenvalue weighted by atomic mass is 16.5. The van der Waals surface area contributed by atoms with Crippen molar-refractivity contribution in [2.45, 2.75) is 20.3 Å². The Morgan fingerprint density at radius 3 is 2.21 bits per heavy atom. The third-order valence-electron chi connectivity index (χ3n) is 4.84. The zero-order chi connectivity index (χ0) is 19.9. The number of nitrogens with one attached hydrogen (secondary N) is 1. The number of hydrogen-bond acceptors (Lipinski definition) is 4. The van der Waals surface area contributed by atoms with Gasteiger partial charge < -0.3 is 19.9 Å². The quantitative estimate of drug-likeness (QED) is 0.835. The maximum atomic E-state index is 12.1. The molecule has 0 radical (unpaired) electrons. The zero-order valence-corrected chi connectivity index (χ0v) is 16.5. The van der Waals surface area contributed by atoms with E-state index in [2.05, 4.69) is 10.2 Å². The number of piperazine rings is 1. The fraction of sp³-hybridized carbons (Fsp3) is 0.364. The van der Waals surface area contributed by atoms with Crippen LogP contribution >= 0.6 is 0 Å². The van der Waals surface area contributed by atoms with Crippen molar-refractivity contribution in [1.29, 1.82) is 0 Å². The summed E-state index contributed by atoms with van der Waals surface area (Å²) >= 11 is 0. The molecule has 0 atom stereocenters. The first-order chi connectivity index (χ1) is 13.5. The number of hydrogen-bond donors (Lipinski definition) is 1. The van der Waals surface area contributed by atoms with Gasteiger partial charge in [-0.2, -0.15) is 0 Å². The van der Waals surface area contributed by atoms with Crippen LogP contribution in [0.15, 0.2) is 48.5 Å². The van der Waals surface area contributed by atoms with Crippen LogP contribution in [0.1, 0.15) is 18.9 Å². The normalized spacial score (nSPS) is 13.9. The molecular formula is C22H27N3O3. The first-order valence-corrected chi connectivity index (χ1v) is 9.67. The lowest BCUT2D eigenvalue weighted by molar-refractivity contribution is -0.131. The van der Waals surface area contributed by atoms with Gasteiger partial charge in [0.1, 0.15) is 5.75 Å². The van der Waals surface area contributed by atoms with Crippen LogP contribution in [0.25, 0.3) is 0 Å². The second-order valence-corrected chi connectivity index (χ2v) is 6.92. The maximum absolute atomic E-state index is 12.1. The third-order valence-corrected chi connectivity index (χ3v) is 4.84. The molecule has 28 heavy (non-hydrogen) atoms. The summed E-state index contributed by atoms with van der Waals surface area (Å²) in [4.78, 5) is 28.0. The predicted octanol–water partition coefficient (Wildman–Crippen LogP) is 3.07. The molecular weight excluding hydrogens is 354 g/mol. The van der Waals surface area contributed by atoms with Gasteiger partial charge in [-0.15, -0.1) is 0 Å². The van der Waals surface area contributed by atoms with Crippen LogP contribution in [0.2, 0.25) is 0 Å². The first kappa shape index (κ1) is 19.7. The van der Waals surface area contributed by atoms with Crippen molar-refractivity contribution in [2.75, 3.05) is 43.0 Å². The molecule has 2 amide bonds. The highest BCUT2D eigenvalue weighted by Gasteiger charge is 2.20. The van der Waals surface area contributed by atoms with E-state index in [1.165, 1.54) is 0 Å². The molecule has 2 aromatic carbocycles. The number of carbonyl (C=O) groups excluding carboxylic acids is 2. The molecule has 148 valence electrons. The molecule has 0 spiro atoms. The molecule has 6 nitrogen and oxygen atoms in total. The van der Waals surface area contributed by atoms with Crippen LogP contribution in [0.4, 0.5) is 11.4 Å². The summed E-state index contributed by atoms with van der Waals surface area (Å²) in [5, 5.41) is 2.85. The van der Waals surface area contributed by atoms with E-state index in [1.54, 1.807) is 0 Å². The molecule has 0 unspecified atom stereocenters. The van der Waals surface area contributed by atoms with E-state index in [1.807, 2.05) is 67.3 Å². The van der Waals surface area contributed by atoms with Gasteiger partial charge >= 0.3 is 0 Å². The summed E-state index contributed by atoms with van der Waals surface area (Å²) in [6.07, 6.45) is 0.558. The summed E-state index contributed by atoms with van der Waals surface area (Å²) < 4.78 is 5.50. The van der Waals surface area contributed by atoms with Crippen LogP contribution in [0.5, 0.6) is 5.75 Å². The van der Waals surface area contributed by atoms with Crippen LogP contribution < -0.4 is 15.0 Å². The lowest BCUT2D eigenvalue weighted by atomic mass is 10.2. The second-order valence-electron chi connectivity index (χ2n) is 6.92. The molecule has 1 aliphatic heterocycles. The van der Waals surface area contributed by atoms with Gasteiger partial charge in [0.2, 0.25) is 5.91 Å². The molecule has 2 aromatic rings. The third kappa shape index (κ3) is 5.25. The summed E-state index contributed by atoms with van der Waals surface area (Å²) in [5.74, 6) is 0.697. The number of amides is 2. The van der Waals surface area contributed by atoms with E-state index >= 15 is 0 Å². The van der Waals surface area contributed by atoms with Crippen molar-refractivity contribution >= 4 is 23.2 Å². The van der Waals surface area contributed by atoms with Gasteiger partial charge in [-0.1, -0.05) is 24.6 Å². The number of ether oxygens (including phenoxy) is 1. The standard InChI is InChI=1S/C22H27N3O3/c1-3-22(27)25-14-12-24(13-15-25)19-8-6-18(7-9-19)23-21(26)16-28-20-10-4-17(2)5-11-20/h4-11H,3,12-16H2,1-2H3,(H,23,26). The van der Waals surface area contributed by atoms with Crippen molar-refractivity contribution < 1.29 is 14.3 Å². The van der Waals surface area contributed by atoms with Gasteiger partial charge in [-0.05, 0) is 43.3 Å². The van der Waals surface area contributed by atoms with Crippen LogP contribution in [0.3, 0.4) is 0 Å². The second kappa shape index (κ2) is 9.26. The SMILES string of the molecule is CCC(=O)N1CCN(c2ccc(NC(=O)COc3ccc(C)cc3)cc2)CC1. The Hall–Kier alpha value is -3.02. The van der Waals surface area contributed by atoms with Crippen molar-refractivity contribution in [3.05, 3.63) is 54.1 Å². The zero-order valence-electron chi connectivity index (χ0n) is 16.5. The molecule has 1 fully saturated rings. The molecule has 0 saturated carbocycles. The number of nitrogens with zero attached hydrogens (tertiary/aromatic N) is 2. The van der Waals surface area contributed by atoms with E-state index in [0.29, 0.717) is 12.2 Å². The van der Waals surface area contributed by atoms with Crippen molar-refractivity contribution in [3.63, 3.8) is 0 Å². The molecule has 3 rings (SSSR count). The van der Waals surface area contributed by atoms with E-state index in [-0.39, 0.29) is 18.4 Å². The Labute approximate surface area is 166 Å². The summed E-state index contributed by atoms with van der Waals surface area (Å²) in [7, 11) is 0. The van der Waals surface area contributed by atoms with E-state index in [4.69, 9.17) is 4.74 Å².